The first-order valence-electron chi connectivity index (χ1n) is 7.82. The average molecular weight is 312 g/mol. The van der Waals surface area contributed by atoms with E-state index in [2.05, 4.69) is 24.0 Å². The van der Waals surface area contributed by atoms with Crippen molar-refractivity contribution < 1.29 is 8.42 Å². The molecule has 0 radical (unpaired) electrons. The van der Waals surface area contributed by atoms with Gasteiger partial charge in [-0.05, 0) is 38.0 Å². The van der Waals surface area contributed by atoms with Gasteiger partial charge in [-0.2, -0.15) is 0 Å². The largest absolute Gasteiger partial charge is 0.297 e. The van der Waals surface area contributed by atoms with E-state index >= 15 is 0 Å². The van der Waals surface area contributed by atoms with Crippen LogP contribution in [0.4, 0.5) is 0 Å². The smallest absolute Gasteiger partial charge is 0.273 e. The van der Waals surface area contributed by atoms with Crippen LogP contribution in [0.3, 0.4) is 0 Å². The number of rotatable bonds is 5. The fourth-order valence-electron chi connectivity index (χ4n) is 3.85. The van der Waals surface area contributed by atoms with Crippen LogP contribution in [0.25, 0.3) is 0 Å². The van der Waals surface area contributed by atoms with Gasteiger partial charge in [-0.3, -0.25) is 4.57 Å². The van der Waals surface area contributed by atoms with Gasteiger partial charge in [-0.1, -0.05) is 26.7 Å². The monoisotopic (exact) mass is 312 g/mol. The summed E-state index contributed by atoms with van der Waals surface area (Å²) in [5.74, 6) is 1.41. The molecule has 2 aliphatic carbocycles. The molecule has 0 unspecified atom stereocenters. The van der Waals surface area contributed by atoms with Crippen LogP contribution in [0.1, 0.15) is 70.7 Å². The SMILES string of the molecule is CC(C)CC1(c2nnc(S(N)(=O)=O)n2C2CC2)CCCC1. The molecule has 2 saturated carbocycles. The quantitative estimate of drug-likeness (QED) is 0.901. The van der Waals surface area contributed by atoms with Gasteiger partial charge in [0.1, 0.15) is 5.82 Å². The van der Waals surface area contributed by atoms with Crippen LogP contribution in [-0.2, 0) is 15.4 Å². The lowest BCUT2D eigenvalue weighted by Crippen LogP contribution is -2.30. The summed E-state index contributed by atoms with van der Waals surface area (Å²) in [7, 11) is -3.81. The number of aromatic nitrogens is 3. The minimum Gasteiger partial charge on any atom is -0.297 e. The van der Waals surface area contributed by atoms with E-state index in [1.165, 1.54) is 12.8 Å². The Morgan fingerprint density at radius 1 is 1.29 bits per heavy atom. The van der Waals surface area contributed by atoms with Crippen molar-refractivity contribution in [1.82, 2.24) is 14.8 Å². The molecule has 0 saturated heterocycles. The lowest BCUT2D eigenvalue weighted by atomic mass is 9.77. The molecule has 2 N–H and O–H groups in total. The minimum absolute atomic E-state index is 0.0211. The van der Waals surface area contributed by atoms with Crippen molar-refractivity contribution in [2.45, 2.75) is 75.4 Å². The Labute approximate surface area is 126 Å². The summed E-state index contributed by atoms with van der Waals surface area (Å²) in [5.41, 5.74) is -0.0211. The highest BCUT2D eigenvalue weighted by atomic mass is 32.2. The van der Waals surface area contributed by atoms with Crippen LogP contribution in [0.2, 0.25) is 0 Å². The van der Waals surface area contributed by atoms with E-state index in [1.807, 2.05) is 4.57 Å². The second-order valence-electron chi connectivity index (χ2n) is 7.04. The van der Waals surface area contributed by atoms with E-state index < -0.39 is 10.0 Å². The molecule has 6 nitrogen and oxygen atoms in total. The van der Waals surface area contributed by atoms with Crippen molar-refractivity contribution in [2.75, 3.05) is 0 Å². The summed E-state index contributed by atoms with van der Waals surface area (Å²) in [5, 5.41) is 13.5. The predicted octanol–water partition coefficient (Wildman–Crippen LogP) is 2.12. The van der Waals surface area contributed by atoms with Crippen LogP contribution < -0.4 is 5.14 Å². The Bertz CT molecular complexity index is 625. The molecule has 0 spiro atoms. The van der Waals surface area contributed by atoms with E-state index in [0.29, 0.717) is 5.92 Å². The van der Waals surface area contributed by atoms with Gasteiger partial charge in [0.25, 0.3) is 15.2 Å². The van der Waals surface area contributed by atoms with Crippen molar-refractivity contribution in [1.29, 1.82) is 0 Å². The second kappa shape index (κ2) is 5.05. The lowest BCUT2D eigenvalue weighted by molar-refractivity contribution is 0.313. The van der Waals surface area contributed by atoms with Crippen LogP contribution in [0.15, 0.2) is 5.16 Å². The van der Waals surface area contributed by atoms with Crippen molar-refractivity contribution in [2.24, 2.45) is 11.1 Å². The maximum atomic E-state index is 11.8. The molecule has 0 aliphatic heterocycles. The number of sulfonamides is 1. The van der Waals surface area contributed by atoms with Crippen molar-refractivity contribution in [3.05, 3.63) is 5.82 Å². The Balaban J connectivity index is 2.10. The third kappa shape index (κ3) is 2.73. The normalized spacial score (nSPS) is 22.1. The Morgan fingerprint density at radius 2 is 1.90 bits per heavy atom. The van der Waals surface area contributed by atoms with Crippen molar-refractivity contribution >= 4 is 10.0 Å². The molecule has 0 amide bonds. The Morgan fingerprint density at radius 3 is 2.38 bits per heavy atom. The third-order valence-electron chi connectivity index (χ3n) is 4.67. The molecule has 1 aromatic heterocycles. The second-order valence-corrected chi connectivity index (χ2v) is 8.49. The summed E-state index contributed by atoms with van der Waals surface area (Å²) >= 11 is 0. The molecule has 1 aromatic rings. The van der Waals surface area contributed by atoms with Gasteiger partial charge in [0.05, 0.1) is 0 Å². The van der Waals surface area contributed by atoms with Gasteiger partial charge >= 0.3 is 0 Å². The zero-order valence-corrected chi connectivity index (χ0v) is 13.6. The van der Waals surface area contributed by atoms with E-state index in [-0.39, 0.29) is 16.6 Å². The molecular formula is C14H24N4O2S. The molecule has 0 aromatic carbocycles. The number of hydrogen-bond acceptors (Lipinski definition) is 4. The van der Waals surface area contributed by atoms with E-state index in [4.69, 9.17) is 5.14 Å². The Kier molecular flexibility index (Phi) is 3.60. The molecule has 2 aliphatic rings. The predicted molar refractivity (Wildman–Crippen MR) is 79.3 cm³/mol. The zero-order valence-electron chi connectivity index (χ0n) is 12.7. The van der Waals surface area contributed by atoms with Crippen molar-refractivity contribution in [3.8, 4) is 0 Å². The number of nitrogens with zero attached hydrogens (tertiary/aromatic N) is 3. The maximum Gasteiger partial charge on any atom is 0.273 e. The van der Waals surface area contributed by atoms with E-state index in [0.717, 1.165) is 37.9 Å². The van der Waals surface area contributed by atoms with Crippen LogP contribution in [-0.4, -0.2) is 23.2 Å². The first kappa shape index (κ1) is 15.0. The molecule has 21 heavy (non-hydrogen) atoms. The van der Waals surface area contributed by atoms with Gasteiger partial charge in [0, 0.05) is 11.5 Å². The summed E-state index contributed by atoms with van der Waals surface area (Å²) < 4.78 is 25.4. The van der Waals surface area contributed by atoms with Gasteiger partial charge in [0.15, 0.2) is 0 Å². The standard InChI is InChI=1S/C14H24N4O2S/c1-10(2)9-14(7-3-4-8-14)12-16-17-13(21(15,19)20)18(12)11-5-6-11/h10-11H,3-9H2,1-2H3,(H2,15,19,20). The molecule has 0 atom stereocenters. The van der Waals surface area contributed by atoms with Gasteiger partial charge in [0.2, 0.25) is 0 Å². The van der Waals surface area contributed by atoms with Crippen molar-refractivity contribution in [3.63, 3.8) is 0 Å². The fourth-order valence-corrected chi connectivity index (χ4v) is 4.51. The minimum atomic E-state index is -3.81. The molecule has 7 heteroatoms. The topological polar surface area (TPSA) is 90.9 Å². The van der Waals surface area contributed by atoms with Crippen LogP contribution in [0.5, 0.6) is 0 Å². The highest BCUT2D eigenvalue weighted by Gasteiger charge is 2.44. The summed E-state index contributed by atoms with van der Waals surface area (Å²) in [6, 6.07) is 0.216. The van der Waals surface area contributed by atoms with E-state index in [1.54, 1.807) is 0 Å². The lowest BCUT2D eigenvalue weighted by Gasteiger charge is -2.30. The summed E-state index contributed by atoms with van der Waals surface area (Å²) in [4.78, 5) is 0. The number of nitrogens with two attached hydrogens (primary N) is 1. The first-order valence-corrected chi connectivity index (χ1v) is 9.36. The number of hydrogen-bond donors (Lipinski definition) is 1. The number of primary sulfonamides is 1. The molecule has 0 bridgehead atoms. The molecule has 2 fully saturated rings. The zero-order chi connectivity index (χ0) is 15.3. The summed E-state index contributed by atoms with van der Waals surface area (Å²) in [6.07, 6.45) is 7.50. The molecular weight excluding hydrogens is 288 g/mol. The molecule has 1 heterocycles. The third-order valence-corrected chi connectivity index (χ3v) is 5.45. The van der Waals surface area contributed by atoms with E-state index in [9.17, 15) is 8.42 Å². The highest BCUT2D eigenvalue weighted by Crippen LogP contribution is 2.48. The first-order chi connectivity index (χ1) is 9.83. The van der Waals surface area contributed by atoms with Crippen LogP contribution in [0, 0.1) is 5.92 Å². The molecule has 3 rings (SSSR count). The van der Waals surface area contributed by atoms with Gasteiger partial charge in [-0.25, -0.2) is 13.6 Å². The van der Waals surface area contributed by atoms with Crippen LogP contribution >= 0.6 is 0 Å². The highest BCUT2D eigenvalue weighted by molar-refractivity contribution is 7.89. The maximum absolute atomic E-state index is 11.8. The Hall–Kier alpha value is -0.950. The molecule has 118 valence electrons. The summed E-state index contributed by atoms with van der Waals surface area (Å²) in [6.45, 7) is 4.41. The van der Waals surface area contributed by atoms with Gasteiger partial charge in [-0.15, -0.1) is 10.2 Å². The van der Waals surface area contributed by atoms with Gasteiger partial charge < -0.3 is 0 Å². The fraction of sp³-hybridized carbons (Fsp3) is 0.857. The average Bonchev–Trinajstić information content (AvgIpc) is 2.92.